The molecular formula is C21H15N3O3S. The van der Waals surface area contributed by atoms with Crippen LogP contribution in [0.3, 0.4) is 0 Å². The minimum Gasteiger partial charge on any atom is -0.298 e. The van der Waals surface area contributed by atoms with Crippen molar-refractivity contribution in [3.8, 4) is 11.3 Å². The molecule has 1 N–H and O–H groups in total. The summed E-state index contributed by atoms with van der Waals surface area (Å²) in [7, 11) is 0. The van der Waals surface area contributed by atoms with Crippen molar-refractivity contribution in [3.05, 3.63) is 87.3 Å². The van der Waals surface area contributed by atoms with Crippen molar-refractivity contribution in [2.24, 2.45) is 0 Å². The molecule has 1 heterocycles. The summed E-state index contributed by atoms with van der Waals surface area (Å²) in [5.41, 5.74) is 2.27. The van der Waals surface area contributed by atoms with Crippen molar-refractivity contribution < 1.29 is 9.72 Å². The van der Waals surface area contributed by atoms with Crippen molar-refractivity contribution in [2.45, 2.75) is 6.92 Å². The van der Waals surface area contributed by atoms with Crippen molar-refractivity contribution in [1.29, 1.82) is 0 Å². The zero-order valence-corrected chi connectivity index (χ0v) is 15.7. The average molecular weight is 389 g/mol. The molecule has 0 bridgehead atoms. The van der Waals surface area contributed by atoms with Crippen molar-refractivity contribution >= 4 is 38.8 Å². The number of fused-ring (bicyclic) bond motifs is 1. The molecule has 3 aromatic carbocycles. The minimum absolute atomic E-state index is 0.0803. The summed E-state index contributed by atoms with van der Waals surface area (Å²) in [6.07, 6.45) is 0. The maximum Gasteiger partial charge on any atom is 0.273 e. The Kier molecular flexibility index (Phi) is 4.58. The fourth-order valence-corrected chi connectivity index (χ4v) is 3.84. The minimum atomic E-state index is -0.492. The standard InChI is InChI=1S/C21H15N3O3S/c1-13-15(9-5-11-19(13)24(26)27)20(25)23-21-22-18(12-28-21)17-10-4-7-14-6-2-3-8-16(14)17/h2-12H,1H3,(H,22,23,25). The maximum atomic E-state index is 12.6. The Labute approximate surface area is 164 Å². The van der Waals surface area contributed by atoms with Gasteiger partial charge in [-0.1, -0.05) is 48.5 Å². The Balaban J connectivity index is 1.63. The van der Waals surface area contributed by atoms with E-state index in [-0.39, 0.29) is 11.3 Å². The molecular weight excluding hydrogens is 374 g/mol. The molecule has 138 valence electrons. The number of carbonyl (C=O) groups is 1. The highest BCUT2D eigenvalue weighted by atomic mass is 32.1. The Morgan fingerprint density at radius 3 is 2.64 bits per heavy atom. The van der Waals surface area contributed by atoms with Crippen LogP contribution < -0.4 is 5.32 Å². The van der Waals surface area contributed by atoms with Crippen molar-refractivity contribution in [1.82, 2.24) is 4.98 Å². The van der Waals surface area contributed by atoms with E-state index < -0.39 is 10.8 Å². The van der Waals surface area contributed by atoms with Crippen LogP contribution in [0.4, 0.5) is 10.8 Å². The van der Waals surface area contributed by atoms with Crippen molar-refractivity contribution in [3.63, 3.8) is 0 Å². The highest BCUT2D eigenvalue weighted by Gasteiger charge is 2.19. The molecule has 7 heteroatoms. The molecule has 0 fully saturated rings. The van der Waals surface area contributed by atoms with E-state index in [9.17, 15) is 14.9 Å². The van der Waals surface area contributed by atoms with E-state index in [0.717, 1.165) is 22.0 Å². The van der Waals surface area contributed by atoms with Crippen LogP contribution in [0.2, 0.25) is 0 Å². The predicted octanol–water partition coefficient (Wildman–Crippen LogP) is 5.43. The molecule has 0 aliphatic rings. The lowest BCUT2D eigenvalue weighted by Crippen LogP contribution is -2.14. The lowest BCUT2D eigenvalue weighted by atomic mass is 10.0. The van der Waals surface area contributed by atoms with Crippen LogP contribution in [0.5, 0.6) is 0 Å². The van der Waals surface area contributed by atoms with E-state index in [1.54, 1.807) is 13.0 Å². The number of benzene rings is 3. The fraction of sp³-hybridized carbons (Fsp3) is 0.0476. The first-order valence-corrected chi connectivity index (χ1v) is 9.41. The number of thiazole rings is 1. The lowest BCUT2D eigenvalue weighted by Gasteiger charge is -2.06. The number of hydrogen-bond donors (Lipinski definition) is 1. The van der Waals surface area contributed by atoms with Crippen LogP contribution in [-0.2, 0) is 0 Å². The number of nitrogens with one attached hydrogen (secondary N) is 1. The van der Waals surface area contributed by atoms with Gasteiger partial charge in [0.15, 0.2) is 5.13 Å². The normalized spacial score (nSPS) is 10.8. The summed E-state index contributed by atoms with van der Waals surface area (Å²) < 4.78 is 0. The van der Waals surface area contributed by atoms with E-state index in [2.05, 4.69) is 10.3 Å². The summed E-state index contributed by atoms with van der Waals surface area (Å²) in [6, 6.07) is 18.5. The number of aromatic nitrogens is 1. The monoisotopic (exact) mass is 389 g/mol. The predicted molar refractivity (Wildman–Crippen MR) is 111 cm³/mol. The number of nitro groups is 1. The smallest absolute Gasteiger partial charge is 0.273 e. The van der Waals surface area contributed by atoms with Gasteiger partial charge >= 0.3 is 0 Å². The van der Waals surface area contributed by atoms with Crippen LogP contribution in [-0.4, -0.2) is 15.8 Å². The van der Waals surface area contributed by atoms with Gasteiger partial charge in [-0.05, 0) is 23.8 Å². The van der Waals surface area contributed by atoms with Gasteiger partial charge in [-0.25, -0.2) is 4.98 Å². The van der Waals surface area contributed by atoms with E-state index in [1.165, 1.54) is 23.5 Å². The molecule has 0 radical (unpaired) electrons. The third kappa shape index (κ3) is 3.23. The van der Waals surface area contributed by atoms with Gasteiger partial charge in [0.25, 0.3) is 11.6 Å². The third-order valence-electron chi connectivity index (χ3n) is 4.54. The second kappa shape index (κ2) is 7.21. The quantitative estimate of drug-likeness (QED) is 0.372. The zero-order chi connectivity index (χ0) is 19.7. The Bertz CT molecular complexity index is 1210. The summed E-state index contributed by atoms with van der Waals surface area (Å²) in [6.45, 7) is 1.57. The summed E-state index contributed by atoms with van der Waals surface area (Å²) in [4.78, 5) is 27.7. The van der Waals surface area contributed by atoms with Crippen molar-refractivity contribution in [2.75, 3.05) is 5.32 Å². The lowest BCUT2D eigenvalue weighted by molar-refractivity contribution is -0.385. The second-order valence-electron chi connectivity index (χ2n) is 6.23. The van der Waals surface area contributed by atoms with Gasteiger partial charge in [0.2, 0.25) is 0 Å². The Hall–Kier alpha value is -3.58. The van der Waals surface area contributed by atoms with Gasteiger partial charge in [0.05, 0.1) is 10.6 Å². The van der Waals surface area contributed by atoms with Crippen LogP contribution in [0.15, 0.2) is 66.0 Å². The molecule has 1 amide bonds. The fourth-order valence-electron chi connectivity index (χ4n) is 3.14. The Morgan fingerprint density at radius 2 is 1.82 bits per heavy atom. The molecule has 1 aromatic heterocycles. The van der Waals surface area contributed by atoms with Gasteiger partial charge < -0.3 is 0 Å². The van der Waals surface area contributed by atoms with Crippen LogP contribution in [0, 0.1) is 17.0 Å². The summed E-state index contributed by atoms with van der Waals surface area (Å²) >= 11 is 1.32. The van der Waals surface area contributed by atoms with E-state index >= 15 is 0 Å². The van der Waals surface area contributed by atoms with E-state index in [4.69, 9.17) is 0 Å². The summed E-state index contributed by atoms with van der Waals surface area (Å²) in [5, 5.41) is 18.4. The first-order chi connectivity index (χ1) is 13.5. The van der Waals surface area contributed by atoms with Crippen LogP contribution in [0.25, 0.3) is 22.0 Å². The number of carbonyl (C=O) groups excluding carboxylic acids is 1. The van der Waals surface area contributed by atoms with Gasteiger partial charge in [-0.15, -0.1) is 11.3 Å². The first-order valence-electron chi connectivity index (χ1n) is 8.53. The van der Waals surface area contributed by atoms with Crippen LogP contribution in [0.1, 0.15) is 15.9 Å². The highest BCUT2D eigenvalue weighted by Crippen LogP contribution is 2.31. The van der Waals surface area contributed by atoms with E-state index in [0.29, 0.717) is 10.7 Å². The topological polar surface area (TPSA) is 85.1 Å². The first kappa shape index (κ1) is 17.8. The molecule has 0 unspecified atom stereocenters. The number of nitro benzene ring substituents is 1. The third-order valence-corrected chi connectivity index (χ3v) is 5.29. The molecule has 4 aromatic rings. The van der Waals surface area contributed by atoms with Gasteiger partial charge in [-0.2, -0.15) is 0 Å². The van der Waals surface area contributed by atoms with Gasteiger partial charge in [0.1, 0.15) is 0 Å². The molecule has 0 aliphatic heterocycles. The molecule has 28 heavy (non-hydrogen) atoms. The molecule has 6 nitrogen and oxygen atoms in total. The average Bonchev–Trinajstić information content (AvgIpc) is 3.15. The SMILES string of the molecule is Cc1c(C(=O)Nc2nc(-c3cccc4ccccc34)cs2)cccc1[N+](=O)[O-]. The number of amides is 1. The van der Waals surface area contributed by atoms with Gasteiger partial charge in [-0.3, -0.25) is 20.2 Å². The molecule has 4 rings (SSSR count). The summed E-state index contributed by atoms with van der Waals surface area (Å²) in [5.74, 6) is -0.417. The second-order valence-corrected chi connectivity index (χ2v) is 7.08. The molecule has 0 spiro atoms. The highest BCUT2D eigenvalue weighted by molar-refractivity contribution is 7.14. The number of anilines is 1. The van der Waals surface area contributed by atoms with Gasteiger partial charge in [0, 0.05) is 28.1 Å². The van der Waals surface area contributed by atoms with Crippen LogP contribution >= 0.6 is 11.3 Å². The molecule has 0 saturated carbocycles. The molecule has 0 saturated heterocycles. The molecule has 0 aliphatic carbocycles. The van der Waals surface area contributed by atoms with E-state index in [1.807, 2.05) is 47.8 Å². The number of hydrogen-bond acceptors (Lipinski definition) is 5. The Morgan fingerprint density at radius 1 is 1.07 bits per heavy atom. The maximum absolute atomic E-state index is 12.6. The number of rotatable bonds is 4. The largest absolute Gasteiger partial charge is 0.298 e. The zero-order valence-electron chi connectivity index (χ0n) is 14.9. The molecule has 0 atom stereocenters. The number of nitrogens with zero attached hydrogens (tertiary/aromatic N) is 2.